The molecule has 3 heteroatoms. The van der Waals surface area contributed by atoms with Crippen LogP contribution in [0.2, 0.25) is 0 Å². The average molecular weight is 361 g/mol. The highest BCUT2D eigenvalue weighted by atomic mass is 15.0. The summed E-state index contributed by atoms with van der Waals surface area (Å²) in [5, 5.41) is 0. The third kappa shape index (κ3) is 3.20. The van der Waals surface area contributed by atoms with E-state index < -0.39 is 0 Å². The van der Waals surface area contributed by atoms with Gasteiger partial charge >= 0.3 is 0 Å². The molecule has 140 valence electrons. The number of rotatable bonds is 3. The van der Waals surface area contributed by atoms with Gasteiger partial charge in [-0.1, -0.05) is 25.0 Å². The van der Waals surface area contributed by atoms with Crippen LogP contribution < -0.4 is 4.57 Å². The van der Waals surface area contributed by atoms with E-state index in [0.29, 0.717) is 5.92 Å². The van der Waals surface area contributed by atoms with Crippen LogP contribution in [0, 0.1) is 20.8 Å². The Morgan fingerprint density at radius 2 is 1.78 bits per heavy atom. The lowest BCUT2D eigenvalue weighted by Crippen LogP contribution is -2.32. The molecule has 4 rings (SSSR count). The van der Waals surface area contributed by atoms with Gasteiger partial charge in [0.15, 0.2) is 6.20 Å². The van der Waals surface area contributed by atoms with Gasteiger partial charge in [0.05, 0.1) is 11.3 Å². The zero-order valence-electron chi connectivity index (χ0n) is 17.2. The van der Waals surface area contributed by atoms with Gasteiger partial charge in [-0.3, -0.25) is 0 Å². The summed E-state index contributed by atoms with van der Waals surface area (Å²) in [5.74, 6) is 1.73. The van der Waals surface area contributed by atoms with Crippen LogP contribution in [0.5, 0.6) is 0 Å². The standard InChI is InChI=1S/C24H30N3/c1-16-13-17(2)23(26(4)14-16)20-11-8-12-21(18(20)3)24-25-22(15-27(24)5)19-9-6-7-10-19/h8,11-15,19H,6-7,9-10H2,1-5H3/q+1. The van der Waals surface area contributed by atoms with Crippen molar-refractivity contribution < 1.29 is 4.57 Å². The lowest BCUT2D eigenvalue weighted by atomic mass is 9.96. The van der Waals surface area contributed by atoms with Crippen LogP contribution in [-0.2, 0) is 14.1 Å². The number of hydrogen-bond acceptors (Lipinski definition) is 1. The molecule has 0 spiro atoms. The number of nitrogens with zero attached hydrogens (tertiary/aromatic N) is 3. The first-order valence-corrected chi connectivity index (χ1v) is 10.1. The molecule has 1 aliphatic carbocycles. The maximum absolute atomic E-state index is 5.07. The average Bonchev–Trinajstić information content (AvgIpc) is 3.25. The normalized spacial score (nSPS) is 14.9. The predicted octanol–water partition coefficient (Wildman–Crippen LogP) is 5.16. The molecule has 0 radical (unpaired) electrons. The fourth-order valence-corrected chi connectivity index (χ4v) is 4.79. The maximum atomic E-state index is 5.07. The second-order valence-electron chi connectivity index (χ2n) is 8.22. The number of aromatic nitrogens is 3. The molecule has 0 aliphatic heterocycles. The van der Waals surface area contributed by atoms with Crippen LogP contribution in [0.15, 0.2) is 36.7 Å². The number of aryl methyl sites for hydroxylation is 4. The summed E-state index contributed by atoms with van der Waals surface area (Å²) < 4.78 is 4.46. The molecule has 0 saturated heterocycles. The molecule has 1 aliphatic rings. The Hall–Kier alpha value is -2.42. The van der Waals surface area contributed by atoms with Gasteiger partial charge in [0.2, 0.25) is 5.69 Å². The predicted molar refractivity (Wildman–Crippen MR) is 111 cm³/mol. The zero-order chi connectivity index (χ0) is 19.1. The summed E-state index contributed by atoms with van der Waals surface area (Å²) >= 11 is 0. The Balaban J connectivity index is 1.82. The van der Waals surface area contributed by atoms with Crippen molar-refractivity contribution in [1.82, 2.24) is 9.55 Å². The van der Waals surface area contributed by atoms with Crippen molar-refractivity contribution in [3.63, 3.8) is 0 Å². The Morgan fingerprint density at radius 1 is 1.07 bits per heavy atom. The summed E-state index contributed by atoms with van der Waals surface area (Å²) in [6.45, 7) is 6.58. The van der Waals surface area contributed by atoms with E-state index in [0.717, 1.165) is 5.82 Å². The van der Waals surface area contributed by atoms with Gasteiger partial charge < -0.3 is 4.57 Å². The van der Waals surface area contributed by atoms with Gasteiger partial charge in [0.1, 0.15) is 12.9 Å². The summed E-state index contributed by atoms with van der Waals surface area (Å²) in [4.78, 5) is 5.07. The largest absolute Gasteiger partial charge is 0.334 e. The van der Waals surface area contributed by atoms with Crippen LogP contribution in [0.1, 0.15) is 54.0 Å². The van der Waals surface area contributed by atoms with Crippen molar-refractivity contribution in [3.8, 4) is 22.6 Å². The quantitative estimate of drug-likeness (QED) is 0.591. The summed E-state index contributed by atoms with van der Waals surface area (Å²) in [6.07, 6.45) is 9.70. The van der Waals surface area contributed by atoms with Crippen LogP contribution in [-0.4, -0.2) is 9.55 Å². The number of benzene rings is 1. The first-order valence-electron chi connectivity index (χ1n) is 10.1. The molecular weight excluding hydrogens is 330 g/mol. The van der Waals surface area contributed by atoms with E-state index in [9.17, 15) is 0 Å². The lowest BCUT2D eigenvalue weighted by molar-refractivity contribution is -0.661. The van der Waals surface area contributed by atoms with E-state index in [1.54, 1.807) is 0 Å². The molecule has 1 saturated carbocycles. The van der Waals surface area contributed by atoms with Crippen molar-refractivity contribution >= 4 is 0 Å². The zero-order valence-corrected chi connectivity index (χ0v) is 17.2. The van der Waals surface area contributed by atoms with E-state index in [-0.39, 0.29) is 0 Å². The summed E-state index contributed by atoms with van der Waals surface area (Å²) in [5.41, 5.74) is 8.98. The monoisotopic (exact) mass is 360 g/mol. The second-order valence-corrected chi connectivity index (χ2v) is 8.22. The maximum Gasteiger partial charge on any atom is 0.215 e. The highest BCUT2D eigenvalue weighted by molar-refractivity contribution is 5.74. The highest BCUT2D eigenvalue weighted by Crippen LogP contribution is 2.36. The molecule has 0 atom stereocenters. The molecule has 3 nitrogen and oxygen atoms in total. The van der Waals surface area contributed by atoms with Gasteiger partial charge in [-0.2, -0.15) is 0 Å². The summed E-state index contributed by atoms with van der Waals surface area (Å²) in [7, 11) is 4.27. The van der Waals surface area contributed by atoms with E-state index in [2.05, 4.69) is 80.7 Å². The Labute approximate surface area is 162 Å². The van der Waals surface area contributed by atoms with Crippen LogP contribution >= 0.6 is 0 Å². The smallest absolute Gasteiger partial charge is 0.215 e. The number of imidazole rings is 1. The molecule has 1 fully saturated rings. The van der Waals surface area contributed by atoms with Crippen LogP contribution in [0.4, 0.5) is 0 Å². The van der Waals surface area contributed by atoms with E-state index in [1.165, 1.54) is 64.9 Å². The van der Waals surface area contributed by atoms with Crippen LogP contribution in [0.3, 0.4) is 0 Å². The molecule has 2 aromatic heterocycles. The Kier molecular flexibility index (Phi) is 4.63. The molecular formula is C24H30N3+. The Bertz CT molecular complexity index is 968. The third-order valence-electron chi connectivity index (χ3n) is 6.07. The van der Waals surface area contributed by atoms with Crippen molar-refractivity contribution in [3.05, 3.63) is 59.0 Å². The minimum absolute atomic E-state index is 0.644. The van der Waals surface area contributed by atoms with Crippen molar-refractivity contribution in [1.29, 1.82) is 0 Å². The number of hydrogen-bond donors (Lipinski definition) is 0. The first kappa shape index (κ1) is 18.0. The molecule has 3 aromatic rings. The molecule has 2 heterocycles. The van der Waals surface area contributed by atoms with Gasteiger partial charge in [0, 0.05) is 35.9 Å². The molecule has 1 aromatic carbocycles. The van der Waals surface area contributed by atoms with E-state index in [1.807, 2.05) is 0 Å². The summed E-state index contributed by atoms with van der Waals surface area (Å²) in [6, 6.07) is 8.88. The van der Waals surface area contributed by atoms with Crippen molar-refractivity contribution in [2.45, 2.75) is 52.4 Å². The first-order chi connectivity index (χ1) is 13.0. The third-order valence-corrected chi connectivity index (χ3v) is 6.07. The van der Waals surface area contributed by atoms with Crippen LogP contribution in [0.25, 0.3) is 22.6 Å². The second kappa shape index (κ2) is 6.95. The fraction of sp³-hybridized carbons (Fsp3) is 0.417. The highest BCUT2D eigenvalue weighted by Gasteiger charge is 2.23. The van der Waals surface area contributed by atoms with E-state index >= 15 is 0 Å². The topological polar surface area (TPSA) is 21.7 Å². The lowest BCUT2D eigenvalue weighted by Gasteiger charge is -2.12. The van der Waals surface area contributed by atoms with Crippen molar-refractivity contribution in [2.75, 3.05) is 0 Å². The van der Waals surface area contributed by atoms with Crippen molar-refractivity contribution in [2.24, 2.45) is 14.1 Å². The van der Waals surface area contributed by atoms with Gasteiger partial charge in [-0.25, -0.2) is 9.55 Å². The van der Waals surface area contributed by atoms with Gasteiger partial charge in [-0.15, -0.1) is 0 Å². The molecule has 27 heavy (non-hydrogen) atoms. The fourth-order valence-electron chi connectivity index (χ4n) is 4.79. The SMILES string of the molecule is Cc1cc(C)c(-c2cccc(-c3nc(C4CCCC4)cn3C)c2C)[n+](C)c1. The van der Waals surface area contributed by atoms with E-state index in [4.69, 9.17) is 4.98 Å². The molecule has 0 unspecified atom stereocenters. The molecule has 0 bridgehead atoms. The van der Waals surface area contributed by atoms with Gasteiger partial charge in [-0.05, 0) is 51.3 Å². The van der Waals surface area contributed by atoms with Gasteiger partial charge in [0.25, 0.3) is 0 Å². The minimum Gasteiger partial charge on any atom is -0.334 e. The molecule has 0 N–H and O–H groups in total. The minimum atomic E-state index is 0.644. The Morgan fingerprint density at radius 3 is 2.48 bits per heavy atom. The number of pyridine rings is 1. The molecule has 0 amide bonds.